The number of nitrogens with zero attached hydrogens (tertiary/aromatic N) is 1. The van der Waals surface area contributed by atoms with Crippen molar-refractivity contribution in [2.75, 3.05) is 27.9 Å². The smallest absolute Gasteiger partial charge is 0.329 e. The van der Waals surface area contributed by atoms with E-state index in [1.807, 2.05) is 58.1 Å². The van der Waals surface area contributed by atoms with Gasteiger partial charge in [-0.25, -0.2) is 4.79 Å². The number of allylic oxidation sites excluding steroid dienone is 6. The van der Waals surface area contributed by atoms with Crippen molar-refractivity contribution in [1.82, 2.24) is 4.90 Å². The van der Waals surface area contributed by atoms with E-state index >= 15 is 0 Å². The van der Waals surface area contributed by atoms with Gasteiger partial charge in [0.25, 0.3) is 11.7 Å². The van der Waals surface area contributed by atoms with Crippen molar-refractivity contribution in [1.29, 1.82) is 0 Å². The number of rotatable bonds is 8. The summed E-state index contributed by atoms with van der Waals surface area (Å²) >= 11 is 0. The van der Waals surface area contributed by atoms with E-state index in [-0.39, 0.29) is 60.9 Å². The number of fused-ring (bicyclic) bond motifs is 3. The number of methoxy groups -OCH3 is 3. The molecule has 15 heteroatoms. The van der Waals surface area contributed by atoms with Crippen LogP contribution in [0.3, 0.4) is 0 Å². The Bertz CT molecular complexity index is 1830. The van der Waals surface area contributed by atoms with Crippen molar-refractivity contribution in [2.45, 2.75) is 193 Å². The summed E-state index contributed by atoms with van der Waals surface area (Å²) < 4.78 is 35.7. The third-order valence-electron chi connectivity index (χ3n) is 14.8. The van der Waals surface area contributed by atoms with Crippen LogP contribution >= 0.6 is 0 Å². The van der Waals surface area contributed by atoms with E-state index in [1.54, 1.807) is 48.0 Å². The van der Waals surface area contributed by atoms with E-state index < -0.39 is 84.0 Å². The van der Waals surface area contributed by atoms with Crippen molar-refractivity contribution >= 4 is 29.2 Å². The Morgan fingerprint density at radius 1 is 0.853 bits per heavy atom. The number of carbonyl (C=O) groups is 5. The summed E-state index contributed by atoms with van der Waals surface area (Å²) in [5.74, 6) is -7.89. The first kappa shape index (κ1) is 57.2. The molecule has 68 heavy (non-hydrogen) atoms. The van der Waals surface area contributed by atoms with Crippen LogP contribution in [-0.4, -0.2) is 133 Å². The highest BCUT2D eigenvalue weighted by molar-refractivity contribution is 6.39. The summed E-state index contributed by atoms with van der Waals surface area (Å²) in [6.45, 7) is 14.6. The van der Waals surface area contributed by atoms with Gasteiger partial charge >= 0.3 is 5.97 Å². The van der Waals surface area contributed by atoms with Crippen LogP contribution in [0.15, 0.2) is 47.6 Å². The van der Waals surface area contributed by atoms with Gasteiger partial charge in [0.15, 0.2) is 5.78 Å². The number of Topliss-reactive ketones (excluding diaryl/α,β-unsaturated/α-hetero) is 3. The van der Waals surface area contributed by atoms with Crippen LogP contribution in [0.4, 0.5) is 0 Å². The quantitative estimate of drug-likeness (QED) is 0.103. The van der Waals surface area contributed by atoms with Crippen LogP contribution in [0.5, 0.6) is 0 Å². The molecule has 1 saturated carbocycles. The number of cyclic esters (lactones) is 1. The predicted octanol–water partition coefficient (Wildman–Crippen LogP) is 6.51. The molecule has 4 rings (SSSR count). The standard InChI is InChI=1S/C53H84N2O13/c1-31-17-13-12-14-18-32(2)44(63-9)29-40-22-20-37(7)53(62,68-40)50(59)51(60)55-24-16-15-19-41(55)52(61)67-45(34(4)27-39-21-23-43(66-38(8)54)46(28-39)64-10)30-42(56)33(3)26-36(6)48(58)49(65-11)47(57)35(5)25-31/h12-14,17-18,26,31,33-35,37-41,43-46,48-49,58,62H,15-16,19-25,27-30,54H2,1-11H3/b14-12+,17-13+,32-18+,36-26+/t31-,33-,34-,35-,37-,38?,39+,40+,41+,43-,44+,45+,46-,48-,49+,53-/m1/s1. The van der Waals surface area contributed by atoms with Crippen molar-refractivity contribution in [3.8, 4) is 0 Å². The molecular weight excluding hydrogens is 873 g/mol. The number of ether oxygens (including phenoxy) is 6. The molecule has 0 aromatic heterocycles. The molecule has 1 unspecified atom stereocenters. The van der Waals surface area contributed by atoms with Crippen LogP contribution in [0, 0.1) is 35.5 Å². The average Bonchev–Trinajstić information content (AvgIpc) is 3.30. The van der Waals surface area contributed by atoms with Gasteiger partial charge in [-0.3, -0.25) is 19.2 Å². The molecule has 384 valence electrons. The van der Waals surface area contributed by atoms with Gasteiger partial charge in [-0.15, -0.1) is 0 Å². The van der Waals surface area contributed by atoms with Crippen LogP contribution in [-0.2, 0) is 52.4 Å². The monoisotopic (exact) mass is 957 g/mol. The molecular formula is C53H84N2O13. The lowest BCUT2D eigenvalue weighted by atomic mass is 9.78. The van der Waals surface area contributed by atoms with Crippen LogP contribution in [0.2, 0.25) is 0 Å². The minimum absolute atomic E-state index is 0.0187. The van der Waals surface area contributed by atoms with E-state index in [2.05, 4.69) is 0 Å². The highest BCUT2D eigenvalue weighted by Crippen LogP contribution is 2.38. The minimum atomic E-state index is -2.43. The van der Waals surface area contributed by atoms with E-state index in [0.717, 1.165) is 12.0 Å². The molecule has 0 aromatic carbocycles. The van der Waals surface area contributed by atoms with E-state index in [4.69, 9.17) is 34.2 Å². The Kier molecular flexibility index (Phi) is 22.4. The average molecular weight is 957 g/mol. The maximum absolute atomic E-state index is 14.5. The third kappa shape index (κ3) is 15.3. The normalized spacial score (nSPS) is 39.6. The molecule has 1 amide bonds. The third-order valence-corrected chi connectivity index (χ3v) is 14.8. The van der Waals surface area contributed by atoms with Gasteiger partial charge in [-0.05, 0) is 114 Å². The molecule has 3 heterocycles. The predicted molar refractivity (Wildman–Crippen MR) is 258 cm³/mol. The maximum Gasteiger partial charge on any atom is 0.329 e. The summed E-state index contributed by atoms with van der Waals surface area (Å²) in [5.41, 5.74) is 7.23. The molecule has 2 bridgehead atoms. The molecule has 0 aromatic rings. The molecule has 15 nitrogen and oxygen atoms in total. The first-order valence-corrected chi connectivity index (χ1v) is 25.0. The molecule has 0 radical (unpaired) electrons. The summed E-state index contributed by atoms with van der Waals surface area (Å²) in [5, 5.41) is 23.5. The Labute approximate surface area is 405 Å². The number of hydrogen-bond donors (Lipinski definition) is 3. The van der Waals surface area contributed by atoms with Crippen molar-refractivity contribution in [2.24, 2.45) is 41.2 Å². The number of aliphatic hydroxyl groups excluding tert-OH is 1. The first-order valence-electron chi connectivity index (χ1n) is 25.0. The largest absolute Gasteiger partial charge is 0.460 e. The molecule has 3 fully saturated rings. The number of ketones is 3. The summed E-state index contributed by atoms with van der Waals surface area (Å²) in [4.78, 5) is 72.2. The highest BCUT2D eigenvalue weighted by Gasteiger charge is 2.53. The molecule has 4 aliphatic rings. The second-order valence-electron chi connectivity index (χ2n) is 20.4. The van der Waals surface area contributed by atoms with E-state index in [0.29, 0.717) is 63.4 Å². The summed E-state index contributed by atoms with van der Waals surface area (Å²) in [6, 6.07) is -1.14. The fourth-order valence-corrected chi connectivity index (χ4v) is 10.5. The van der Waals surface area contributed by atoms with Crippen molar-refractivity contribution < 1.29 is 62.6 Å². The summed E-state index contributed by atoms with van der Waals surface area (Å²) in [6.07, 6.45) is 11.7. The Morgan fingerprint density at radius 3 is 2.24 bits per heavy atom. The van der Waals surface area contributed by atoms with Gasteiger partial charge in [0, 0.05) is 58.5 Å². The topological polar surface area (TPSA) is 210 Å². The SMILES string of the molecule is CO[C@H]1C[C@@H]2CC[C@@H](C)[C@@](O)(O2)C(=O)C(=O)N2CCCC[C@H]2C(=O)O[C@H]([C@H](C)C[C@@H]2CC[C@@H](OC(C)N)[C@H](OC)C2)CC(=O)[C@H](C)/C=C(\C)[C@@H](O)[C@@H](OC)C(=O)[C@H](C)C[C@H](C)/C=C/C=C/C=C/1C. The second kappa shape index (κ2) is 26.7. The number of amides is 1. The van der Waals surface area contributed by atoms with Gasteiger partial charge < -0.3 is 49.3 Å². The molecule has 0 spiro atoms. The second-order valence-corrected chi connectivity index (χ2v) is 20.4. The first-order chi connectivity index (χ1) is 32.1. The van der Waals surface area contributed by atoms with Crippen LogP contribution in [0.25, 0.3) is 0 Å². The fourth-order valence-electron chi connectivity index (χ4n) is 10.5. The van der Waals surface area contributed by atoms with Gasteiger partial charge in [-0.2, -0.15) is 0 Å². The number of esters is 1. The number of aliphatic hydroxyl groups is 2. The number of nitrogens with two attached hydrogens (primary N) is 1. The number of carbonyl (C=O) groups excluding carboxylic acids is 5. The number of hydrogen-bond acceptors (Lipinski definition) is 14. The molecule has 4 N–H and O–H groups in total. The zero-order chi connectivity index (χ0) is 50.5. The minimum Gasteiger partial charge on any atom is -0.460 e. The van der Waals surface area contributed by atoms with Crippen LogP contribution in [0.1, 0.15) is 132 Å². The molecule has 1 aliphatic carbocycles. The lowest BCUT2D eigenvalue weighted by Crippen LogP contribution is -2.61. The maximum atomic E-state index is 14.5. The van der Waals surface area contributed by atoms with Gasteiger partial charge in [0.05, 0.1) is 24.4 Å². The van der Waals surface area contributed by atoms with Crippen LogP contribution < -0.4 is 5.73 Å². The lowest BCUT2D eigenvalue weighted by Gasteiger charge is -2.42. The van der Waals surface area contributed by atoms with E-state index in [9.17, 15) is 34.2 Å². The fraction of sp³-hybridized carbons (Fsp3) is 0.755. The van der Waals surface area contributed by atoms with Gasteiger partial charge in [0.2, 0.25) is 5.79 Å². The number of piperidine rings is 1. The van der Waals surface area contributed by atoms with Gasteiger partial charge in [0.1, 0.15) is 36.4 Å². The Balaban J connectivity index is 1.70. The molecule has 3 aliphatic heterocycles. The molecule has 2 saturated heterocycles. The Morgan fingerprint density at radius 2 is 1.57 bits per heavy atom. The zero-order valence-electron chi connectivity index (χ0n) is 42.7. The van der Waals surface area contributed by atoms with E-state index in [1.165, 1.54) is 12.0 Å². The van der Waals surface area contributed by atoms with Crippen molar-refractivity contribution in [3.05, 3.63) is 47.6 Å². The Hall–Kier alpha value is -3.41. The highest BCUT2D eigenvalue weighted by atomic mass is 16.6. The summed E-state index contributed by atoms with van der Waals surface area (Å²) in [7, 11) is 4.61. The van der Waals surface area contributed by atoms with Gasteiger partial charge in [-0.1, -0.05) is 71.1 Å². The van der Waals surface area contributed by atoms with Crippen molar-refractivity contribution in [3.63, 3.8) is 0 Å². The molecule has 16 atom stereocenters. The zero-order valence-corrected chi connectivity index (χ0v) is 42.7. The lowest BCUT2D eigenvalue weighted by molar-refractivity contribution is -0.265.